The van der Waals surface area contributed by atoms with Gasteiger partial charge in [-0.3, -0.25) is 14.4 Å². The highest BCUT2D eigenvalue weighted by Crippen LogP contribution is 2.58. The second-order valence-electron chi connectivity index (χ2n) is 10.7. The van der Waals surface area contributed by atoms with Gasteiger partial charge in [0.05, 0.1) is 12.0 Å². The molecule has 1 spiro atoms. The number of hydrogen-bond donors (Lipinski definition) is 1. The minimum absolute atomic E-state index is 0.230. The molecule has 0 bridgehead atoms. The van der Waals surface area contributed by atoms with E-state index in [9.17, 15) is 14.4 Å². The highest BCUT2D eigenvalue weighted by Gasteiger charge is 2.70. The minimum Gasteiger partial charge on any atom is -0.352 e. The third-order valence-electron chi connectivity index (χ3n) is 8.53. The van der Waals surface area contributed by atoms with Gasteiger partial charge in [0.25, 0.3) is 0 Å². The molecular weight excluding hydrogens is 520 g/mol. The predicted octanol–water partition coefficient (Wildman–Crippen LogP) is 6.50. The van der Waals surface area contributed by atoms with Crippen LogP contribution in [-0.4, -0.2) is 29.6 Å². The van der Waals surface area contributed by atoms with Crippen LogP contribution in [-0.2, 0) is 10.2 Å². The Morgan fingerprint density at radius 1 is 0.850 bits per heavy atom. The van der Waals surface area contributed by atoms with E-state index < -0.39 is 23.4 Å². The molecule has 0 aliphatic carbocycles. The number of Topliss-reactive ketones (excluding diaryl/α,β-unsaturated/α-hetero) is 2. The summed E-state index contributed by atoms with van der Waals surface area (Å²) in [6.45, 7) is 2.02. The van der Waals surface area contributed by atoms with E-state index >= 15 is 0 Å². The number of fused-ring (bicyclic) bond motifs is 6. The normalized spacial score (nSPS) is 23.9. The second-order valence-corrected chi connectivity index (χ2v) is 11.1. The number of amides is 1. The summed E-state index contributed by atoms with van der Waals surface area (Å²) in [5.41, 5.74) is 3.83. The SMILES string of the molecule is Cc1ccc2c(c1)C=C[C@@H]1N2[C@H](C(=O)c2ccc(Cl)cc2)[C@@H](C(=O)c2ccccc2)[C@]12C(=O)Nc1ccccc12. The van der Waals surface area contributed by atoms with Gasteiger partial charge in [0.2, 0.25) is 5.91 Å². The molecule has 1 amide bonds. The van der Waals surface area contributed by atoms with Crippen LogP contribution in [0.2, 0.25) is 5.02 Å². The van der Waals surface area contributed by atoms with Crippen LogP contribution in [0.25, 0.3) is 6.08 Å². The highest BCUT2D eigenvalue weighted by atomic mass is 35.5. The lowest BCUT2D eigenvalue weighted by molar-refractivity contribution is -0.121. The Balaban J connectivity index is 1.54. The number of carbonyl (C=O) groups excluding carboxylic acids is 3. The molecule has 0 saturated carbocycles. The molecule has 1 N–H and O–H groups in total. The fourth-order valence-corrected chi connectivity index (χ4v) is 6.99. The van der Waals surface area contributed by atoms with Crippen LogP contribution in [0.15, 0.2) is 103 Å². The van der Waals surface area contributed by atoms with Crippen molar-refractivity contribution in [2.75, 3.05) is 10.2 Å². The molecule has 7 rings (SSSR count). The van der Waals surface area contributed by atoms with Crippen molar-refractivity contribution >= 4 is 46.5 Å². The zero-order chi connectivity index (χ0) is 27.6. The zero-order valence-corrected chi connectivity index (χ0v) is 22.4. The van der Waals surface area contributed by atoms with Gasteiger partial charge in [-0.15, -0.1) is 0 Å². The molecule has 1 fully saturated rings. The molecule has 196 valence electrons. The van der Waals surface area contributed by atoms with Gasteiger partial charge in [0, 0.05) is 27.5 Å². The van der Waals surface area contributed by atoms with Crippen molar-refractivity contribution in [1.29, 1.82) is 0 Å². The number of halogens is 1. The number of aryl methyl sites for hydroxylation is 1. The van der Waals surface area contributed by atoms with Gasteiger partial charge in [-0.25, -0.2) is 0 Å². The summed E-state index contributed by atoms with van der Waals surface area (Å²) in [7, 11) is 0. The fourth-order valence-electron chi connectivity index (χ4n) is 6.87. The van der Waals surface area contributed by atoms with Crippen molar-refractivity contribution < 1.29 is 14.4 Å². The minimum atomic E-state index is -1.32. The molecule has 0 aromatic heterocycles. The average Bonchev–Trinajstić information content (AvgIpc) is 3.45. The van der Waals surface area contributed by atoms with Crippen LogP contribution in [0.1, 0.15) is 37.4 Å². The predicted molar refractivity (Wildman–Crippen MR) is 157 cm³/mol. The van der Waals surface area contributed by atoms with Gasteiger partial charge in [-0.05, 0) is 60.5 Å². The van der Waals surface area contributed by atoms with E-state index in [0.29, 0.717) is 21.8 Å². The van der Waals surface area contributed by atoms with Gasteiger partial charge in [-0.1, -0.05) is 83.9 Å². The summed E-state index contributed by atoms with van der Waals surface area (Å²) in [5.74, 6) is -1.74. The molecule has 1 saturated heterocycles. The first-order valence-electron chi connectivity index (χ1n) is 13.3. The molecule has 3 heterocycles. The van der Waals surface area contributed by atoms with Gasteiger partial charge < -0.3 is 10.2 Å². The van der Waals surface area contributed by atoms with Crippen molar-refractivity contribution in [3.8, 4) is 0 Å². The summed E-state index contributed by atoms with van der Waals surface area (Å²) < 4.78 is 0. The van der Waals surface area contributed by atoms with E-state index in [1.54, 1.807) is 48.5 Å². The number of nitrogens with zero attached hydrogens (tertiary/aromatic N) is 1. The molecule has 0 unspecified atom stereocenters. The van der Waals surface area contributed by atoms with Crippen LogP contribution < -0.4 is 10.2 Å². The summed E-state index contributed by atoms with van der Waals surface area (Å²) >= 11 is 6.16. The first-order valence-corrected chi connectivity index (χ1v) is 13.7. The van der Waals surface area contributed by atoms with E-state index in [2.05, 4.69) is 11.4 Å². The molecule has 3 aliphatic heterocycles. The first-order chi connectivity index (χ1) is 19.4. The third-order valence-corrected chi connectivity index (χ3v) is 8.78. The molecule has 5 nitrogen and oxygen atoms in total. The smallest absolute Gasteiger partial charge is 0.238 e. The highest BCUT2D eigenvalue weighted by molar-refractivity contribution is 6.30. The van der Waals surface area contributed by atoms with Gasteiger partial charge in [0.1, 0.15) is 11.5 Å². The maximum absolute atomic E-state index is 14.7. The molecule has 0 radical (unpaired) electrons. The molecule has 4 aromatic rings. The maximum Gasteiger partial charge on any atom is 0.238 e. The van der Waals surface area contributed by atoms with Crippen LogP contribution >= 0.6 is 11.6 Å². The largest absolute Gasteiger partial charge is 0.352 e. The number of rotatable bonds is 4. The Morgan fingerprint density at radius 2 is 1.55 bits per heavy atom. The van der Waals surface area contributed by atoms with Gasteiger partial charge in [0.15, 0.2) is 11.6 Å². The first kappa shape index (κ1) is 24.6. The van der Waals surface area contributed by atoms with Crippen molar-refractivity contribution in [1.82, 2.24) is 0 Å². The van der Waals surface area contributed by atoms with Crippen molar-refractivity contribution in [3.63, 3.8) is 0 Å². The monoisotopic (exact) mass is 544 g/mol. The molecule has 40 heavy (non-hydrogen) atoms. The van der Waals surface area contributed by atoms with E-state index in [4.69, 9.17) is 11.6 Å². The lowest BCUT2D eigenvalue weighted by atomic mass is 9.64. The standard InChI is InChI=1S/C34H25ClN2O3/c1-20-11-17-27-23(19-20)14-18-28-34(25-9-5-6-10-26(25)36-33(34)40)29(31(38)21-7-3-2-4-8-21)30(37(27)28)32(39)22-12-15-24(35)16-13-22/h2-19,28-30H,1H3,(H,36,40)/t28-,29-,30-,34+/m0/s1. The third kappa shape index (κ3) is 3.37. The van der Waals surface area contributed by atoms with E-state index in [1.165, 1.54) is 0 Å². The van der Waals surface area contributed by atoms with Gasteiger partial charge >= 0.3 is 0 Å². The Kier molecular flexibility index (Phi) is 5.55. The van der Waals surface area contributed by atoms with Crippen LogP contribution in [0.4, 0.5) is 11.4 Å². The molecular formula is C34H25ClN2O3. The van der Waals surface area contributed by atoms with Crippen molar-refractivity contribution in [2.45, 2.75) is 24.4 Å². The number of benzene rings is 4. The Morgan fingerprint density at radius 3 is 2.33 bits per heavy atom. The lowest BCUT2D eigenvalue weighted by Crippen LogP contribution is -2.51. The molecule has 3 aliphatic rings. The number of carbonyl (C=O) groups is 3. The Labute approximate surface area is 237 Å². The van der Waals surface area contributed by atoms with Crippen LogP contribution in [0.5, 0.6) is 0 Å². The number of anilines is 2. The lowest BCUT2D eigenvalue weighted by Gasteiger charge is -2.37. The quantitative estimate of drug-likeness (QED) is 0.298. The topological polar surface area (TPSA) is 66.5 Å². The van der Waals surface area contributed by atoms with Crippen molar-refractivity contribution in [2.24, 2.45) is 5.92 Å². The van der Waals surface area contributed by atoms with Crippen LogP contribution in [0.3, 0.4) is 0 Å². The zero-order valence-electron chi connectivity index (χ0n) is 21.7. The summed E-state index contributed by atoms with van der Waals surface area (Å²) in [6, 6.07) is 27.7. The number of hydrogen-bond acceptors (Lipinski definition) is 4. The Bertz CT molecular complexity index is 1730. The van der Waals surface area contributed by atoms with E-state index in [-0.39, 0.29) is 17.5 Å². The Hall–Kier alpha value is -4.48. The van der Waals surface area contributed by atoms with Gasteiger partial charge in [-0.2, -0.15) is 0 Å². The summed E-state index contributed by atoms with van der Waals surface area (Å²) in [6.07, 6.45) is 4.00. The molecule has 4 atom stereocenters. The second kappa shape index (κ2) is 9.04. The number of nitrogens with one attached hydrogen (secondary N) is 1. The van der Waals surface area contributed by atoms with Crippen LogP contribution in [0, 0.1) is 12.8 Å². The fraction of sp³-hybridized carbons (Fsp3) is 0.147. The maximum atomic E-state index is 14.7. The van der Waals surface area contributed by atoms with E-state index in [1.807, 2.05) is 66.4 Å². The van der Waals surface area contributed by atoms with E-state index in [0.717, 1.165) is 22.4 Å². The summed E-state index contributed by atoms with van der Waals surface area (Å²) in [4.78, 5) is 45.6. The molecule has 4 aromatic carbocycles. The number of ketones is 2. The number of para-hydroxylation sites is 1. The molecule has 6 heteroatoms. The van der Waals surface area contributed by atoms with Crippen molar-refractivity contribution in [3.05, 3.63) is 136 Å². The summed E-state index contributed by atoms with van der Waals surface area (Å²) in [5, 5.41) is 3.57. The average molecular weight is 545 g/mol.